The zero-order valence-electron chi connectivity index (χ0n) is 12.6. The minimum atomic E-state index is -0.134. The minimum Gasteiger partial charge on any atom is -0.395 e. The molecule has 2 aromatic rings. The highest BCUT2D eigenvalue weighted by molar-refractivity contribution is 7.99. The second-order valence-electron chi connectivity index (χ2n) is 4.93. The van der Waals surface area contributed by atoms with E-state index in [-0.39, 0.29) is 5.56 Å². The van der Waals surface area contributed by atoms with E-state index in [1.807, 2.05) is 7.05 Å². The van der Waals surface area contributed by atoms with Crippen LogP contribution in [0, 0.1) is 0 Å². The summed E-state index contributed by atoms with van der Waals surface area (Å²) < 4.78 is 1.75. The Hall–Kier alpha value is -1.76. The second kappa shape index (κ2) is 6.80. The van der Waals surface area contributed by atoms with Gasteiger partial charge in [0.15, 0.2) is 5.16 Å². The Morgan fingerprint density at radius 3 is 2.71 bits per heavy atom. The standard InChI is InChI=1S/C14H21N5OS/c1-4-6-9-8-11(20)17-14(16-9)21-13-12(15)10(7-5-2)18-19(13)3/h8H,4-7,15H2,1-3H3,(H,16,17,20). The van der Waals surface area contributed by atoms with Gasteiger partial charge < -0.3 is 10.7 Å². The van der Waals surface area contributed by atoms with Gasteiger partial charge in [0.25, 0.3) is 5.56 Å². The molecule has 0 fully saturated rings. The van der Waals surface area contributed by atoms with Crippen molar-refractivity contribution in [2.45, 2.75) is 49.7 Å². The van der Waals surface area contributed by atoms with Crippen molar-refractivity contribution in [1.29, 1.82) is 0 Å². The van der Waals surface area contributed by atoms with Crippen molar-refractivity contribution in [1.82, 2.24) is 19.7 Å². The first-order chi connectivity index (χ1) is 10.0. The summed E-state index contributed by atoms with van der Waals surface area (Å²) in [4.78, 5) is 18.9. The fraction of sp³-hybridized carbons (Fsp3) is 0.500. The molecule has 114 valence electrons. The molecule has 0 aliphatic rings. The molecule has 21 heavy (non-hydrogen) atoms. The van der Waals surface area contributed by atoms with Crippen molar-refractivity contribution >= 4 is 17.4 Å². The Bertz CT molecular complexity index is 676. The van der Waals surface area contributed by atoms with Crippen LogP contribution in [0.3, 0.4) is 0 Å². The Labute approximate surface area is 128 Å². The molecule has 2 aromatic heterocycles. The number of hydrogen-bond donors (Lipinski definition) is 2. The van der Waals surface area contributed by atoms with Crippen LogP contribution < -0.4 is 11.3 Å². The molecule has 0 spiro atoms. The van der Waals surface area contributed by atoms with Crippen LogP contribution in [-0.2, 0) is 19.9 Å². The van der Waals surface area contributed by atoms with Crippen LogP contribution in [0.15, 0.2) is 21.0 Å². The number of rotatable bonds is 6. The topological polar surface area (TPSA) is 89.6 Å². The highest BCUT2D eigenvalue weighted by atomic mass is 32.2. The quantitative estimate of drug-likeness (QED) is 0.798. The fourth-order valence-corrected chi connectivity index (χ4v) is 3.03. The number of hydrogen-bond acceptors (Lipinski definition) is 5. The van der Waals surface area contributed by atoms with E-state index < -0.39 is 0 Å². The number of aromatic nitrogens is 4. The Kier molecular flexibility index (Phi) is 5.06. The van der Waals surface area contributed by atoms with E-state index in [9.17, 15) is 4.79 Å². The summed E-state index contributed by atoms with van der Waals surface area (Å²) in [6.07, 6.45) is 3.58. The average Bonchev–Trinajstić information content (AvgIpc) is 2.67. The molecule has 2 heterocycles. The molecule has 2 rings (SSSR count). The molecule has 0 saturated heterocycles. The Morgan fingerprint density at radius 1 is 1.33 bits per heavy atom. The van der Waals surface area contributed by atoms with Gasteiger partial charge in [-0.05, 0) is 24.6 Å². The number of H-pyrrole nitrogens is 1. The number of nitrogens with one attached hydrogen (secondary N) is 1. The molecule has 0 amide bonds. The molecule has 0 saturated carbocycles. The van der Waals surface area contributed by atoms with Gasteiger partial charge in [-0.1, -0.05) is 26.7 Å². The first-order valence-corrected chi connectivity index (χ1v) is 7.96. The number of nitrogen functional groups attached to an aromatic ring is 1. The van der Waals surface area contributed by atoms with Gasteiger partial charge in [-0.25, -0.2) is 4.98 Å². The predicted octanol–water partition coefficient (Wildman–Crippen LogP) is 2.14. The first-order valence-electron chi connectivity index (χ1n) is 7.14. The maximum absolute atomic E-state index is 11.7. The summed E-state index contributed by atoms with van der Waals surface area (Å²) in [5.41, 5.74) is 8.39. The maximum Gasteiger partial charge on any atom is 0.251 e. The monoisotopic (exact) mass is 307 g/mol. The Balaban J connectivity index is 2.32. The lowest BCUT2D eigenvalue weighted by Gasteiger charge is -2.04. The van der Waals surface area contributed by atoms with Gasteiger partial charge in [-0.15, -0.1) is 0 Å². The Morgan fingerprint density at radius 2 is 2.05 bits per heavy atom. The van der Waals surface area contributed by atoms with Crippen LogP contribution >= 0.6 is 11.8 Å². The molecule has 0 aromatic carbocycles. The van der Waals surface area contributed by atoms with Gasteiger partial charge in [0.05, 0.1) is 11.4 Å². The zero-order valence-corrected chi connectivity index (χ0v) is 13.5. The normalized spacial score (nSPS) is 11.0. The molecule has 7 heteroatoms. The number of aromatic amines is 1. The summed E-state index contributed by atoms with van der Waals surface area (Å²) in [7, 11) is 1.85. The molecule has 6 nitrogen and oxygen atoms in total. The fourth-order valence-electron chi connectivity index (χ4n) is 2.13. The third kappa shape index (κ3) is 3.66. The van der Waals surface area contributed by atoms with Crippen molar-refractivity contribution in [3.05, 3.63) is 27.8 Å². The van der Waals surface area contributed by atoms with E-state index in [4.69, 9.17) is 5.73 Å². The number of anilines is 1. The number of nitrogens with zero attached hydrogens (tertiary/aromatic N) is 3. The molecule has 0 radical (unpaired) electrons. The summed E-state index contributed by atoms with van der Waals surface area (Å²) in [5, 5.41) is 5.80. The van der Waals surface area contributed by atoms with Gasteiger partial charge in [0, 0.05) is 18.8 Å². The maximum atomic E-state index is 11.7. The molecule has 0 atom stereocenters. The van der Waals surface area contributed by atoms with Crippen molar-refractivity contribution in [2.75, 3.05) is 5.73 Å². The number of aryl methyl sites for hydroxylation is 3. The largest absolute Gasteiger partial charge is 0.395 e. The van der Waals surface area contributed by atoms with Crippen LogP contribution in [0.25, 0.3) is 0 Å². The molecular weight excluding hydrogens is 286 g/mol. The smallest absolute Gasteiger partial charge is 0.251 e. The van der Waals surface area contributed by atoms with Gasteiger partial charge in [-0.2, -0.15) is 5.10 Å². The minimum absolute atomic E-state index is 0.134. The highest BCUT2D eigenvalue weighted by Crippen LogP contribution is 2.31. The summed E-state index contributed by atoms with van der Waals surface area (Å²) in [6.45, 7) is 4.15. The summed E-state index contributed by atoms with van der Waals surface area (Å²) >= 11 is 1.35. The van der Waals surface area contributed by atoms with Gasteiger partial charge in [0.2, 0.25) is 0 Å². The third-order valence-corrected chi connectivity index (χ3v) is 4.13. The van der Waals surface area contributed by atoms with E-state index in [1.165, 1.54) is 11.8 Å². The highest BCUT2D eigenvalue weighted by Gasteiger charge is 2.15. The van der Waals surface area contributed by atoms with Crippen molar-refractivity contribution in [2.24, 2.45) is 7.05 Å². The lowest BCUT2D eigenvalue weighted by molar-refractivity contribution is 0.680. The van der Waals surface area contributed by atoms with Crippen LogP contribution in [0.4, 0.5) is 5.69 Å². The molecule has 0 aliphatic heterocycles. The van der Waals surface area contributed by atoms with E-state index in [1.54, 1.807) is 10.7 Å². The van der Waals surface area contributed by atoms with E-state index >= 15 is 0 Å². The molecule has 3 N–H and O–H groups in total. The summed E-state index contributed by atoms with van der Waals surface area (Å²) in [6, 6.07) is 1.54. The van der Waals surface area contributed by atoms with Crippen LogP contribution in [0.2, 0.25) is 0 Å². The lowest BCUT2D eigenvalue weighted by atomic mass is 10.2. The third-order valence-electron chi connectivity index (χ3n) is 3.07. The molecule has 0 bridgehead atoms. The first kappa shape index (κ1) is 15.6. The SMILES string of the molecule is CCCc1cc(=O)[nH]c(Sc2c(N)c(CCC)nn2C)n1. The van der Waals surface area contributed by atoms with Gasteiger partial charge in [0.1, 0.15) is 5.03 Å². The van der Waals surface area contributed by atoms with Gasteiger partial charge in [-0.3, -0.25) is 9.48 Å². The van der Waals surface area contributed by atoms with Crippen molar-refractivity contribution < 1.29 is 0 Å². The van der Waals surface area contributed by atoms with Crippen molar-refractivity contribution in [3.63, 3.8) is 0 Å². The van der Waals surface area contributed by atoms with Crippen LogP contribution in [0.5, 0.6) is 0 Å². The lowest BCUT2D eigenvalue weighted by Crippen LogP contribution is -2.10. The van der Waals surface area contributed by atoms with Crippen LogP contribution in [0.1, 0.15) is 38.1 Å². The summed E-state index contributed by atoms with van der Waals surface area (Å²) in [5.74, 6) is 0. The van der Waals surface area contributed by atoms with E-state index in [2.05, 4.69) is 28.9 Å². The van der Waals surface area contributed by atoms with E-state index in [0.29, 0.717) is 10.8 Å². The molecular formula is C14H21N5OS. The zero-order chi connectivity index (χ0) is 15.4. The molecule has 0 unspecified atom stereocenters. The van der Waals surface area contributed by atoms with E-state index in [0.717, 1.165) is 42.1 Å². The van der Waals surface area contributed by atoms with Crippen LogP contribution in [-0.4, -0.2) is 19.7 Å². The van der Waals surface area contributed by atoms with Gasteiger partial charge >= 0.3 is 0 Å². The average molecular weight is 307 g/mol. The predicted molar refractivity (Wildman–Crippen MR) is 84.6 cm³/mol. The second-order valence-corrected chi connectivity index (χ2v) is 5.91. The van der Waals surface area contributed by atoms with Crippen molar-refractivity contribution in [3.8, 4) is 0 Å². The number of nitrogens with two attached hydrogens (primary N) is 1. The molecule has 0 aliphatic carbocycles.